The Hall–Kier alpha value is -3.17. The highest BCUT2D eigenvalue weighted by Gasteiger charge is 2.36. The number of nitrogens with one attached hydrogen (secondary N) is 1. The van der Waals surface area contributed by atoms with Crippen LogP contribution in [0.5, 0.6) is 11.5 Å². The van der Waals surface area contributed by atoms with Crippen molar-refractivity contribution >= 4 is 51.4 Å². The van der Waals surface area contributed by atoms with Crippen LogP contribution in [0.3, 0.4) is 0 Å². The minimum absolute atomic E-state index is 0.0520. The molecule has 10 heteroatoms. The van der Waals surface area contributed by atoms with Crippen LogP contribution in [0.4, 0.5) is 4.39 Å². The van der Waals surface area contributed by atoms with E-state index < -0.39 is 5.91 Å². The Morgan fingerprint density at radius 1 is 1.24 bits per heavy atom. The number of benzene rings is 2. The normalized spacial score (nSPS) is 16.6. The van der Waals surface area contributed by atoms with E-state index in [9.17, 15) is 9.18 Å². The summed E-state index contributed by atoms with van der Waals surface area (Å²) in [5, 5.41) is 15.8. The number of nitrogens with zero attached hydrogens (tertiary/aromatic N) is 3. The summed E-state index contributed by atoms with van der Waals surface area (Å²) in [6, 6.07) is 9.27. The van der Waals surface area contributed by atoms with Gasteiger partial charge in [-0.25, -0.2) is 4.39 Å². The lowest BCUT2D eigenvalue weighted by Gasteiger charge is -2.20. The van der Waals surface area contributed by atoms with Gasteiger partial charge in [-0.15, -0.1) is 0 Å². The maximum absolute atomic E-state index is 13.2. The zero-order valence-corrected chi connectivity index (χ0v) is 20.3. The lowest BCUT2D eigenvalue weighted by atomic mass is 10.1. The first-order chi connectivity index (χ1) is 16.3. The molecule has 0 radical (unpaired) electrons. The van der Waals surface area contributed by atoms with E-state index in [1.165, 1.54) is 35.0 Å². The first-order valence-electron chi connectivity index (χ1n) is 10.6. The van der Waals surface area contributed by atoms with Crippen LogP contribution < -0.4 is 9.47 Å². The molecule has 0 unspecified atom stereocenters. The number of amides is 1. The summed E-state index contributed by atoms with van der Waals surface area (Å²) in [4.78, 5) is 16.8. The van der Waals surface area contributed by atoms with Crippen molar-refractivity contribution in [2.45, 2.75) is 27.4 Å². The molecule has 0 saturated carbocycles. The van der Waals surface area contributed by atoms with E-state index in [4.69, 9.17) is 26.5 Å². The summed E-state index contributed by atoms with van der Waals surface area (Å²) in [7, 11) is 0. The summed E-state index contributed by atoms with van der Waals surface area (Å²) in [5.41, 5.74) is 1.41. The molecule has 0 aromatic heterocycles. The number of hydrogen-bond acceptors (Lipinski definition) is 6. The van der Waals surface area contributed by atoms with Crippen molar-refractivity contribution in [2.75, 3.05) is 6.61 Å². The Balaban J connectivity index is 1.62. The van der Waals surface area contributed by atoms with Crippen molar-refractivity contribution in [3.05, 3.63) is 63.9 Å². The number of carbonyl (C=O) groups excluding carboxylic acids is 1. The molecular weight excluding hydrogens is 479 g/mol. The molecule has 7 nitrogen and oxygen atoms in total. The molecule has 1 amide bonds. The van der Waals surface area contributed by atoms with E-state index in [2.05, 4.69) is 10.1 Å². The number of ether oxygens (including phenoxy) is 2. The smallest absolute Gasteiger partial charge is 0.283 e. The number of fused-ring (bicyclic) bond motifs is 1. The van der Waals surface area contributed by atoms with Gasteiger partial charge < -0.3 is 9.47 Å². The van der Waals surface area contributed by atoms with Gasteiger partial charge >= 0.3 is 0 Å². The minimum Gasteiger partial charge on any atom is -0.490 e. The van der Waals surface area contributed by atoms with Gasteiger partial charge in [0.2, 0.25) is 5.17 Å². The summed E-state index contributed by atoms with van der Waals surface area (Å²) in [5.74, 6) is -0.0171. The van der Waals surface area contributed by atoms with E-state index in [1.807, 2.05) is 20.8 Å². The molecule has 2 aromatic rings. The average molecular weight is 501 g/mol. The number of amidine groups is 2. The number of aliphatic imine (C=N–C) groups is 1. The van der Waals surface area contributed by atoms with Crippen molar-refractivity contribution in [1.29, 1.82) is 5.41 Å². The van der Waals surface area contributed by atoms with Gasteiger partial charge in [-0.1, -0.05) is 37.6 Å². The van der Waals surface area contributed by atoms with Crippen LogP contribution in [0.25, 0.3) is 6.08 Å². The predicted molar refractivity (Wildman–Crippen MR) is 133 cm³/mol. The predicted octanol–water partition coefficient (Wildman–Crippen LogP) is 5.73. The molecule has 34 heavy (non-hydrogen) atoms. The van der Waals surface area contributed by atoms with Crippen LogP contribution in [0.2, 0.25) is 5.02 Å². The largest absolute Gasteiger partial charge is 0.490 e. The second kappa shape index (κ2) is 9.99. The van der Waals surface area contributed by atoms with Crippen LogP contribution in [-0.2, 0) is 11.4 Å². The fraction of sp³-hybridized carbons (Fsp3) is 0.250. The van der Waals surface area contributed by atoms with E-state index in [1.54, 1.807) is 24.3 Å². The summed E-state index contributed by atoms with van der Waals surface area (Å²) < 4.78 is 24.7. The number of rotatable bonds is 7. The quantitative estimate of drug-likeness (QED) is 0.490. The van der Waals surface area contributed by atoms with Crippen molar-refractivity contribution < 1.29 is 18.7 Å². The first kappa shape index (κ1) is 24.0. The van der Waals surface area contributed by atoms with Crippen LogP contribution in [0.1, 0.15) is 31.9 Å². The fourth-order valence-corrected chi connectivity index (χ4v) is 4.38. The standard InChI is InChI=1S/C24H22ClFN4O3S/c1-4-32-19-11-15(10-18(25)20(19)33-12-14-5-7-16(26)8-6-14)9-17-21(27)30-24(28-22(17)31)34-23(29-30)13(2)3/h5-11,13,27H,4,12H2,1-3H3/b17-9-,27-21?. The summed E-state index contributed by atoms with van der Waals surface area (Å²) in [6.07, 6.45) is 1.54. The van der Waals surface area contributed by atoms with E-state index in [0.717, 1.165) is 10.6 Å². The maximum Gasteiger partial charge on any atom is 0.283 e. The molecule has 176 valence electrons. The molecule has 1 N–H and O–H groups in total. The Labute approximate surface area is 205 Å². The fourth-order valence-electron chi connectivity index (χ4n) is 3.22. The highest BCUT2D eigenvalue weighted by atomic mass is 35.5. The molecule has 0 saturated heterocycles. The van der Waals surface area contributed by atoms with Gasteiger partial charge in [0.05, 0.1) is 17.2 Å². The number of hydrazone groups is 1. The molecule has 2 aromatic carbocycles. The Morgan fingerprint density at radius 2 is 1.97 bits per heavy atom. The van der Waals surface area contributed by atoms with Gasteiger partial charge in [-0.05, 0) is 60.2 Å². The van der Waals surface area contributed by atoms with Crippen molar-refractivity contribution in [1.82, 2.24) is 5.01 Å². The molecule has 2 aliphatic rings. The lowest BCUT2D eigenvalue weighted by molar-refractivity contribution is -0.114. The highest BCUT2D eigenvalue weighted by molar-refractivity contribution is 8.27. The Kier molecular flexibility index (Phi) is 7.04. The molecule has 0 spiro atoms. The van der Waals surface area contributed by atoms with Crippen LogP contribution in [0, 0.1) is 17.1 Å². The third kappa shape index (κ3) is 5.00. The van der Waals surface area contributed by atoms with E-state index >= 15 is 0 Å². The summed E-state index contributed by atoms with van der Waals surface area (Å²) in [6.45, 7) is 6.34. The third-order valence-corrected chi connectivity index (χ3v) is 6.39. The molecule has 0 fully saturated rings. The molecular formula is C24H22ClFN4O3S. The third-order valence-electron chi connectivity index (χ3n) is 4.90. The van der Waals surface area contributed by atoms with Crippen molar-refractivity contribution in [3.63, 3.8) is 0 Å². The van der Waals surface area contributed by atoms with E-state index in [-0.39, 0.29) is 34.8 Å². The maximum atomic E-state index is 13.2. The SMILES string of the molecule is CCOc1cc(/C=C2/C(=N)N3N=C(C(C)C)SC3=NC2=O)cc(Cl)c1OCc1ccc(F)cc1. The monoisotopic (exact) mass is 500 g/mol. The van der Waals surface area contributed by atoms with Gasteiger partial charge in [0.15, 0.2) is 17.3 Å². The zero-order chi connectivity index (χ0) is 24.4. The van der Waals surface area contributed by atoms with Crippen LogP contribution in [0.15, 0.2) is 52.1 Å². The molecule has 2 heterocycles. The second-order valence-electron chi connectivity index (χ2n) is 7.79. The first-order valence-corrected chi connectivity index (χ1v) is 11.8. The highest BCUT2D eigenvalue weighted by Crippen LogP contribution is 2.38. The number of carbonyl (C=O) groups is 1. The van der Waals surface area contributed by atoms with Crippen LogP contribution >= 0.6 is 23.4 Å². The second-order valence-corrected chi connectivity index (χ2v) is 9.19. The molecule has 0 atom stereocenters. The number of thioether (sulfide) groups is 1. The molecule has 2 aliphatic heterocycles. The number of hydrogen-bond donors (Lipinski definition) is 1. The van der Waals surface area contributed by atoms with Gasteiger partial charge in [0.25, 0.3) is 5.91 Å². The van der Waals surface area contributed by atoms with Crippen LogP contribution in [-0.4, -0.2) is 33.6 Å². The van der Waals surface area contributed by atoms with Gasteiger partial charge in [0.1, 0.15) is 17.5 Å². The lowest BCUT2D eigenvalue weighted by Crippen LogP contribution is -2.35. The van der Waals surface area contributed by atoms with Gasteiger partial charge in [-0.2, -0.15) is 15.1 Å². The molecule has 0 aliphatic carbocycles. The summed E-state index contributed by atoms with van der Waals surface area (Å²) >= 11 is 7.79. The van der Waals surface area contributed by atoms with Gasteiger partial charge in [0, 0.05) is 5.92 Å². The Morgan fingerprint density at radius 3 is 2.65 bits per heavy atom. The Bertz CT molecular complexity index is 1240. The molecule has 4 rings (SSSR count). The minimum atomic E-state index is -0.519. The van der Waals surface area contributed by atoms with Gasteiger partial charge in [-0.3, -0.25) is 10.2 Å². The topological polar surface area (TPSA) is 87.3 Å². The molecule has 0 bridgehead atoms. The zero-order valence-electron chi connectivity index (χ0n) is 18.8. The number of halogens is 2. The van der Waals surface area contributed by atoms with Crippen molar-refractivity contribution in [2.24, 2.45) is 16.0 Å². The average Bonchev–Trinajstić information content (AvgIpc) is 3.22. The van der Waals surface area contributed by atoms with E-state index in [0.29, 0.717) is 28.8 Å². The van der Waals surface area contributed by atoms with Crippen molar-refractivity contribution in [3.8, 4) is 11.5 Å².